The van der Waals surface area contributed by atoms with Gasteiger partial charge in [0.25, 0.3) is 15.9 Å². The highest BCUT2D eigenvalue weighted by Gasteiger charge is 2.16. The van der Waals surface area contributed by atoms with Gasteiger partial charge in [0.1, 0.15) is 5.75 Å². The van der Waals surface area contributed by atoms with Gasteiger partial charge in [-0.3, -0.25) is 14.3 Å². The van der Waals surface area contributed by atoms with Crippen LogP contribution in [0.4, 0.5) is 11.4 Å². The molecule has 35 heavy (non-hydrogen) atoms. The van der Waals surface area contributed by atoms with Gasteiger partial charge < -0.3 is 15.4 Å². The Morgan fingerprint density at radius 3 is 2.20 bits per heavy atom. The van der Waals surface area contributed by atoms with Gasteiger partial charge in [-0.1, -0.05) is 23.8 Å². The highest BCUT2D eigenvalue weighted by atomic mass is 32.2. The van der Waals surface area contributed by atoms with Crippen LogP contribution < -0.4 is 20.1 Å². The molecule has 3 aromatic carbocycles. The van der Waals surface area contributed by atoms with Crippen LogP contribution in [0, 0.1) is 20.8 Å². The van der Waals surface area contributed by atoms with Crippen molar-refractivity contribution in [1.29, 1.82) is 0 Å². The smallest absolute Gasteiger partial charge is 0.261 e. The summed E-state index contributed by atoms with van der Waals surface area (Å²) >= 11 is 0. The van der Waals surface area contributed by atoms with Crippen molar-refractivity contribution in [3.05, 3.63) is 82.9 Å². The molecule has 9 heteroatoms. The highest BCUT2D eigenvalue weighted by Crippen LogP contribution is 2.22. The van der Waals surface area contributed by atoms with E-state index in [0.29, 0.717) is 12.4 Å². The number of nitrogens with one attached hydrogen (secondary N) is 3. The molecule has 0 fully saturated rings. The Kier molecular flexibility index (Phi) is 8.14. The molecule has 2 amide bonds. The first kappa shape index (κ1) is 25.8. The van der Waals surface area contributed by atoms with Gasteiger partial charge in [0.2, 0.25) is 5.91 Å². The molecule has 0 radical (unpaired) electrons. The Hall–Kier alpha value is -3.85. The highest BCUT2D eigenvalue weighted by molar-refractivity contribution is 7.92. The number of hydrogen-bond acceptors (Lipinski definition) is 5. The van der Waals surface area contributed by atoms with Crippen molar-refractivity contribution in [2.75, 3.05) is 23.2 Å². The lowest BCUT2D eigenvalue weighted by Crippen LogP contribution is -2.33. The Balaban J connectivity index is 1.63. The summed E-state index contributed by atoms with van der Waals surface area (Å²) in [6, 6.07) is 16.0. The summed E-state index contributed by atoms with van der Waals surface area (Å²) in [7, 11) is -3.86. The number of carbonyl (C=O) groups excluding carboxylic acids is 2. The van der Waals surface area contributed by atoms with Crippen molar-refractivity contribution in [1.82, 2.24) is 5.32 Å². The topological polar surface area (TPSA) is 114 Å². The van der Waals surface area contributed by atoms with Crippen molar-refractivity contribution in [3.8, 4) is 5.75 Å². The Morgan fingerprint density at radius 2 is 1.57 bits per heavy atom. The fourth-order valence-electron chi connectivity index (χ4n) is 3.64. The first-order chi connectivity index (χ1) is 16.6. The lowest BCUT2D eigenvalue weighted by molar-refractivity contribution is -0.115. The summed E-state index contributed by atoms with van der Waals surface area (Å²) in [4.78, 5) is 25.0. The number of anilines is 2. The van der Waals surface area contributed by atoms with E-state index >= 15 is 0 Å². The van der Waals surface area contributed by atoms with Gasteiger partial charge in [-0.15, -0.1) is 0 Å². The van der Waals surface area contributed by atoms with Crippen LogP contribution in [0.2, 0.25) is 0 Å². The molecule has 0 saturated carbocycles. The molecule has 3 N–H and O–H groups in total. The maximum atomic E-state index is 12.7. The van der Waals surface area contributed by atoms with Crippen molar-refractivity contribution >= 4 is 33.2 Å². The number of carbonyl (C=O) groups is 2. The lowest BCUT2D eigenvalue weighted by Gasteiger charge is -2.13. The maximum Gasteiger partial charge on any atom is 0.261 e. The molecule has 0 unspecified atom stereocenters. The normalized spacial score (nSPS) is 11.0. The minimum absolute atomic E-state index is 0.0640. The molecule has 0 heterocycles. The van der Waals surface area contributed by atoms with Crippen molar-refractivity contribution in [2.45, 2.75) is 32.6 Å². The minimum Gasteiger partial charge on any atom is -0.494 e. The molecule has 0 bridgehead atoms. The van der Waals surface area contributed by atoms with Gasteiger partial charge in [0.15, 0.2) is 0 Å². The second-order valence-electron chi connectivity index (χ2n) is 8.10. The van der Waals surface area contributed by atoms with E-state index in [2.05, 4.69) is 15.4 Å². The molecule has 3 aromatic rings. The van der Waals surface area contributed by atoms with Gasteiger partial charge in [-0.25, -0.2) is 8.42 Å². The molecule has 0 aliphatic carbocycles. The molecule has 0 atom stereocenters. The summed E-state index contributed by atoms with van der Waals surface area (Å²) in [5.74, 6) is -0.290. The van der Waals surface area contributed by atoms with Crippen LogP contribution in [0.5, 0.6) is 5.75 Å². The average molecular weight is 496 g/mol. The molecular formula is C26H29N3O5S. The predicted octanol–water partition coefficient (Wildman–Crippen LogP) is 4.18. The zero-order valence-electron chi connectivity index (χ0n) is 20.1. The van der Waals surface area contributed by atoms with E-state index in [1.807, 2.05) is 39.8 Å². The second kappa shape index (κ2) is 11.1. The van der Waals surface area contributed by atoms with Crippen molar-refractivity contribution in [2.24, 2.45) is 0 Å². The predicted molar refractivity (Wildman–Crippen MR) is 136 cm³/mol. The maximum absolute atomic E-state index is 12.7. The number of benzene rings is 3. The van der Waals surface area contributed by atoms with Gasteiger partial charge in [-0.2, -0.15) is 0 Å². The van der Waals surface area contributed by atoms with Crippen LogP contribution in [-0.2, 0) is 14.8 Å². The van der Waals surface area contributed by atoms with Crippen LogP contribution in [0.15, 0.2) is 65.6 Å². The molecule has 0 saturated heterocycles. The Morgan fingerprint density at radius 1 is 0.914 bits per heavy atom. The van der Waals surface area contributed by atoms with Gasteiger partial charge in [0, 0.05) is 16.9 Å². The third kappa shape index (κ3) is 6.83. The lowest BCUT2D eigenvalue weighted by atomic mass is 10.1. The number of aryl methyl sites for hydroxylation is 3. The first-order valence-corrected chi connectivity index (χ1v) is 12.6. The fourth-order valence-corrected chi connectivity index (χ4v) is 4.69. The fraction of sp³-hybridized carbons (Fsp3) is 0.231. The van der Waals surface area contributed by atoms with Crippen molar-refractivity contribution < 1.29 is 22.7 Å². The molecule has 8 nitrogen and oxygen atoms in total. The third-order valence-corrected chi connectivity index (χ3v) is 6.57. The van der Waals surface area contributed by atoms with E-state index in [1.54, 1.807) is 24.3 Å². The van der Waals surface area contributed by atoms with E-state index in [0.717, 1.165) is 22.4 Å². The molecular weight excluding hydrogens is 466 g/mol. The third-order valence-electron chi connectivity index (χ3n) is 5.17. The van der Waals surface area contributed by atoms with Crippen molar-refractivity contribution in [3.63, 3.8) is 0 Å². The van der Waals surface area contributed by atoms with Crippen LogP contribution in [-0.4, -0.2) is 33.4 Å². The SMILES string of the molecule is CCOc1ccc(S(=O)(=O)Nc2cccc(C(=O)NCC(=O)Nc3c(C)cc(C)cc3C)c2)cc1. The summed E-state index contributed by atoms with van der Waals surface area (Å²) in [6.45, 7) is 7.90. The summed E-state index contributed by atoms with van der Waals surface area (Å²) < 4.78 is 33.2. The second-order valence-corrected chi connectivity index (χ2v) is 9.78. The van der Waals surface area contributed by atoms with Crippen LogP contribution in [0.25, 0.3) is 0 Å². The molecule has 0 aromatic heterocycles. The summed E-state index contributed by atoms with van der Waals surface area (Å²) in [6.07, 6.45) is 0. The zero-order valence-corrected chi connectivity index (χ0v) is 21.0. The van der Waals surface area contributed by atoms with Crippen LogP contribution in [0.1, 0.15) is 34.0 Å². The monoisotopic (exact) mass is 495 g/mol. The average Bonchev–Trinajstić information content (AvgIpc) is 2.80. The Labute approximate surface area is 205 Å². The largest absolute Gasteiger partial charge is 0.494 e. The van der Waals surface area contributed by atoms with Crippen LogP contribution >= 0.6 is 0 Å². The van der Waals surface area contributed by atoms with E-state index in [1.165, 1.54) is 24.3 Å². The number of hydrogen-bond donors (Lipinski definition) is 3. The Bertz CT molecular complexity index is 1310. The summed E-state index contributed by atoms with van der Waals surface area (Å²) in [5, 5.41) is 5.40. The molecule has 3 rings (SSSR count). The van der Waals surface area contributed by atoms with E-state index in [9.17, 15) is 18.0 Å². The number of amides is 2. The number of sulfonamides is 1. The van der Waals surface area contributed by atoms with E-state index in [4.69, 9.17) is 4.74 Å². The van der Waals surface area contributed by atoms with Gasteiger partial charge >= 0.3 is 0 Å². The molecule has 0 aliphatic heterocycles. The van der Waals surface area contributed by atoms with Gasteiger partial charge in [0.05, 0.1) is 18.0 Å². The summed E-state index contributed by atoms with van der Waals surface area (Å²) in [5.41, 5.74) is 4.14. The standard InChI is InChI=1S/C26H29N3O5S/c1-5-34-22-9-11-23(12-10-22)35(32,33)29-21-8-6-7-20(15-21)26(31)27-16-24(30)28-25-18(3)13-17(2)14-19(25)4/h6-15,29H,5,16H2,1-4H3,(H,27,31)(H,28,30). The molecule has 0 aliphatic rings. The molecule has 184 valence electrons. The van der Waals surface area contributed by atoms with E-state index < -0.39 is 15.9 Å². The number of ether oxygens (including phenoxy) is 1. The number of rotatable bonds is 9. The quantitative estimate of drug-likeness (QED) is 0.412. The zero-order chi connectivity index (χ0) is 25.6. The minimum atomic E-state index is -3.86. The van der Waals surface area contributed by atoms with Gasteiger partial charge in [-0.05, 0) is 81.3 Å². The van der Waals surface area contributed by atoms with Crippen LogP contribution in [0.3, 0.4) is 0 Å². The van der Waals surface area contributed by atoms with E-state index in [-0.39, 0.29) is 28.6 Å². The molecule has 0 spiro atoms. The first-order valence-electron chi connectivity index (χ1n) is 11.1.